The van der Waals surface area contributed by atoms with Crippen LogP contribution in [0.15, 0.2) is 48.5 Å². The monoisotopic (exact) mass is 282 g/mol. The van der Waals surface area contributed by atoms with Gasteiger partial charge < -0.3 is 10.6 Å². The van der Waals surface area contributed by atoms with E-state index in [2.05, 4.69) is 32.0 Å². The molecule has 2 aromatic rings. The number of carbonyl (C=O) groups excluding carboxylic acids is 1. The smallest absolute Gasteiger partial charge is 0.244 e. The lowest BCUT2D eigenvalue weighted by molar-refractivity contribution is -0.131. The first-order valence-electron chi connectivity index (χ1n) is 7.10. The molecule has 0 radical (unpaired) electrons. The number of amides is 1. The first-order valence-corrected chi connectivity index (χ1v) is 7.10. The predicted octanol–water partition coefficient (Wildman–Crippen LogP) is 2.96. The molecule has 3 nitrogen and oxygen atoms in total. The molecule has 2 rings (SSSR count). The standard InChI is InChI=1S/C18H22N2O/c1-13-9-10-16(14(2)11-13)12-20(3)18(21)17(19)15-7-5-4-6-8-15/h4-11,17H,12,19H2,1-3H3/t17-/m1/s1. The molecule has 0 heterocycles. The number of aryl methyl sites for hydroxylation is 2. The summed E-state index contributed by atoms with van der Waals surface area (Å²) < 4.78 is 0. The van der Waals surface area contributed by atoms with Crippen molar-refractivity contribution in [1.82, 2.24) is 4.90 Å². The summed E-state index contributed by atoms with van der Waals surface area (Å²) >= 11 is 0. The van der Waals surface area contributed by atoms with Crippen molar-refractivity contribution in [2.75, 3.05) is 7.05 Å². The van der Waals surface area contributed by atoms with Crippen LogP contribution in [0.4, 0.5) is 0 Å². The fourth-order valence-corrected chi connectivity index (χ4v) is 2.40. The molecule has 0 saturated carbocycles. The van der Waals surface area contributed by atoms with Crippen molar-refractivity contribution < 1.29 is 4.79 Å². The van der Waals surface area contributed by atoms with E-state index in [1.165, 1.54) is 11.1 Å². The summed E-state index contributed by atoms with van der Waals surface area (Å²) in [6, 6.07) is 15.1. The highest BCUT2D eigenvalue weighted by molar-refractivity contribution is 5.82. The first kappa shape index (κ1) is 15.3. The Kier molecular flexibility index (Phi) is 4.76. The van der Waals surface area contributed by atoms with Gasteiger partial charge >= 0.3 is 0 Å². The molecule has 0 aromatic heterocycles. The van der Waals surface area contributed by atoms with E-state index in [1.807, 2.05) is 30.3 Å². The largest absolute Gasteiger partial charge is 0.340 e. The van der Waals surface area contributed by atoms with Crippen LogP contribution in [0.3, 0.4) is 0 Å². The molecule has 3 heteroatoms. The van der Waals surface area contributed by atoms with Crippen LogP contribution in [0, 0.1) is 13.8 Å². The molecule has 110 valence electrons. The Morgan fingerprint density at radius 3 is 2.43 bits per heavy atom. The number of hydrogen-bond acceptors (Lipinski definition) is 2. The fourth-order valence-electron chi connectivity index (χ4n) is 2.40. The second-order valence-corrected chi connectivity index (χ2v) is 5.51. The van der Waals surface area contributed by atoms with Crippen molar-refractivity contribution >= 4 is 5.91 Å². The number of carbonyl (C=O) groups is 1. The summed E-state index contributed by atoms with van der Waals surface area (Å²) in [7, 11) is 1.80. The molecule has 0 spiro atoms. The summed E-state index contributed by atoms with van der Waals surface area (Å²) in [6.45, 7) is 4.71. The van der Waals surface area contributed by atoms with Gasteiger partial charge in [0.25, 0.3) is 0 Å². The molecule has 1 atom stereocenters. The van der Waals surface area contributed by atoms with E-state index < -0.39 is 6.04 Å². The van der Waals surface area contributed by atoms with Crippen LogP contribution in [0.5, 0.6) is 0 Å². The van der Waals surface area contributed by atoms with Gasteiger partial charge in [0.2, 0.25) is 5.91 Å². The normalized spacial score (nSPS) is 12.0. The minimum Gasteiger partial charge on any atom is -0.340 e. The lowest BCUT2D eigenvalue weighted by Gasteiger charge is -2.22. The molecular formula is C18H22N2O. The van der Waals surface area contributed by atoms with Gasteiger partial charge in [0, 0.05) is 13.6 Å². The van der Waals surface area contributed by atoms with E-state index in [4.69, 9.17) is 5.73 Å². The topological polar surface area (TPSA) is 46.3 Å². The minimum atomic E-state index is -0.609. The van der Waals surface area contributed by atoms with Crippen LogP contribution < -0.4 is 5.73 Å². The van der Waals surface area contributed by atoms with E-state index in [9.17, 15) is 4.79 Å². The average molecular weight is 282 g/mol. The van der Waals surface area contributed by atoms with E-state index in [-0.39, 0.29) is 5.91 Å². The van der Waals surface area contributed by atoms with Crippen molar-refractivity contribution in [3.8, 4) is 0 Å². The second-order valence-electron chi connectivity index (χ2n) is 5.51. The Morgan fingerprint density at radius 2 is 1.81 bits per heavy atom. The summed E-state index contributed by atoms with van der Waals surface area (Å²) in [5.41, 5.74) is 10.5. The quantitative estimate of drug-likeness (QED) is 0.937. The zero-order valence-corrected chi connectivity index (χ0v) is 12.8. The van der Waals surface area contributed by atoms with Crippen LogP contribution in [-0.4, -0.2) is 17.9 Å². The fraction of sp³-hybridized carbons (Fsp3) is 0.278. The highest BCUT2D eigenvalue weighted by atomic mass is 16.2. The third-order valence-electron chi connectivity index (χ3n) is 3.71. The third kappa shape index (κ3) is 3.70. The first-order chi connectivity index (χ1) is 9.99. The van der Waals surface area contributed by atoms with Gasteiger partial charge in [-0.1, -0.05) is 54.1 Å². The van der Waals surface area contributed by atoms with E-state index in [0.29, 0.717) is 6.54 Å². The molecule has 1 amide bonds. The Bertz CT molecular complexity index is 622. The number of nitrogens with two attached hydrogens (primary N) is 1. The van der Waals surface area contributed by atoms with Crippen LogP contribution in [-0.2, 0) is 11.3 Å². The number of rotatable bonds is 4. The van der Waals surface area contributed by atoms with Gasteiger partial charge in [-0.25, -0.2) is 0 Å². The molecule has 0 aliphatic rings. The SMILES string of the molecule is Cc1ccc(CN(C)C(=O)[C@H](N)c2ccccc2)c(C)c1. The Morgan fingerprint density at radius 1 is 1.14 bits per heavy atom. The van der Waals surface area contributed by atoms with E-state index in [0.717, 1.165) is 11.1 Å². The maximum Gasteiger partial charge on any atom is 0.244 e. The summed E-state index contributed by atoms with van der Waals surface area (Å²) in [6.07, 6.45) is 0. The van der Waals surface area contributed by atoms with Crippen molar-refractivity contribution in [3.05, 3.63) is 70.8 Å². The highest BCUT2D eigenvalue weighted by Gasteiger charge is 2.20. The van der Waals surface area contributed by atoms with Crippen LogP contribution in [0.2, 0.25) is 0 Å². The van der Waals surface area contributed by atoms with Gasteiger partial charge in [-0.15, -0.1) is 0 Å². The molecule has 2 N–H and O–H groups in total. The van der Waals surface area contributed by atoms with Crippen LogP contribution in [0.1, 0.15) is 28.3 Å². The van der Waals surface area contributed by atoms with Crippen molar-refractivity contribution in [2.45, 2.75) is 26.4 Å². The van der Waals surface area contributed by atoms with Crippen molar-refractivity contribution in [3.63, 3.8) is 0 Å². The number of nitrogens with zero attached hydrogens (tertiary/aromatic N) is 1. The maximum atomic E-state index is 12.4. The van der Waals surface area contributed by atoms with Crippen molar-refractivity contribution in [2.24, 2.45) is 5.73 Å². The predicted molar refractivity (Wildman–Crippen MR) is 85.8 cm³/mol. The molecule has 0 bridgehead atoms. The molecule has 2 aromatic carbocycles. The van der Waals surface area contributed by atoms with Crippen LogP contribution >= 0.6 is 0 Å². The van der Waals surface area contributed by atoms with Gasteiger partial charge in [-0.3, -0.25) is 4.79 Å². The Labute approximate surface area is 126 Å². The van der Waals surface area contributed by atoms with Gasteiger partial charge in [-0.2, -0.15) is 0 Å². The molecular weight excluding hydrogens is 260 g/mol. The summed E-state index contributed by atoms with van der Waals surface area (Å²) in [4.78, 5) is 14.1. The molecule has 0 unspecified atom stereocenters. The second kappa shape index (κ2) is 6.55. The Hall–Kier alpha value is -2.13. The van der Waals surface area contributed by atoms with E-state index >= 15 is 0 Å². The van der Waals surface area contributed by atoms with E-state index in [1.54, 1.807) is 11.9 Å². The zero-order chi connectivity index (χ0) is 15.4. The summed E-state index contributed by atoms with van der Waals surface area (Å²) in [5, 5.41) is 0. The molecule has 0 fully saturated rings. The van der Waals surface area contributed by atoms with Gasteiger partial charge in [0.15, 0.2) is 0 Å². The highest BCUT2D eigenvalue weighted by Crippen LogP contribution is 2.16. The lowest BCUT2D eigenvalue weighted by atomic mass is 10.0. The zero-order valence-electron chi connectivity index (χ0n) is 12.8. The van der Waals surface area contributed by atoms with Gasteiger partial charge in [0.05, 0.1) is 0 Å². The Balaban J connectivity index is 2.09. The molecule has 0 saturated heterocycles. The summed E-state index contributed by atoms with van der Waals surface area (Å²) in [5.74, 6) is -0.0684. The van der Waals surface area contributed by atoms with Gasteiger partial charge in [-0.05, 0) is 30.5 Å². The average Bonchev–Trinajstić information content (AvgIpc) is 2.49. The minimum absolute atomic E-state index is 0.0684. The van der Waals surface area contributed by atoms with Crippen molar-refractivity contribution in [1.29, 1.82) is 0 Å². The number of hydrogen-bond donors (Lipinski definition) is 1. The number of likely N-dealkylation sites (N-methyl/N-ethyl adjacent to an activating group) is 1. The molecule has 0 aliphatic heterocycles. The lowest BCUT2D eigenvalue weighted by Crippen LogP contribution is -2.35. The molecule has 0 aliphatic carbocycles. The number of benzene rings is 2. The van der Waals surface area contributed by atoms with Gasteiger partial charge in [0.1, 0.15) is 6.04 Å². The molecule has 21 heavy (non-hydrogen) atoms. The maximum absolute atomic E-state index is 12.4. The third-order valence-corrected chi connectivity index (χ3v) is 3.71. The van der Waals surface area contributed by atoms with Crippen LogP contribution in [0.25, 0.3) is 0 Å².